The molecule has 0 atom stereocenters. The topological polar surface area (TPSA) is 45.7 Å². The molecule has 1 saturated carbocycles. The normalized spacial score (nSPS) is 15.6. The summed E-state index contributed by atoms with van der Waals surface area (Å²) < 4.78 is 5.72. The van der Waals surface area contributed by atoms with Gasteiger partial charge in [-0.1, -0.05) is 43.2 Å². The van der Waals surface area contributed by atoms with Gasteiger partial charge in [0.25, 0.3) is 0 Å². The van der Waals surface area contributed by atoms with Crippen LogP contribution in [0.1, 0.15) is 51.0 Å². The zero-order chi connectivity index (χ0) is 16.9. The molecular formula is C20H33N3O. The van der Waals surface area contributed by atoms with Crippen molar-refractivity contribution in [2.24, 2.45) is 4.99 Å². The third-order valence-electron chi connectivity index (χ3n) is 4.38. The number of guanidine groups is 1. The Morgan fingerprint density at radius 1 is 1.12 bits per heavy atom. The minimum atomic E-state index is 0.615. The second-order valence-electron chi connectivity index (χ2n) is 6.44. The molecule has 4 heteroatoms. The van der Waals surface area contributed by atoms with Gasteiger partial charge in [0.1, 0.15) is 0 Å². The van der Waals surface area contributed by atoms with Crippen LogP contribution in [0.15, 0.2) is 35.3 Å². The van der Waals surface area contributed by atoms with Gasteiger partial charge in [-0.3, -0.25) is 4.99 Å². The molecule has 1 aromatic carbocycles. The second-order valence-corrected chi connectivity index (χ2v) is 6.44. The smallest absolute Gasteiger partial charge is 0.191 e. The molecule has 0 unspecified atom stereocenters. The third-order valence-corrected chi connectivity index (χ3v) is 4.38. The van der Waals surface area contributed by atoms with Crippen molar-refractivity contribution in [2.45, 2.75) is 57.9 Å². The molecule has 0 saturated heterocycles. The van der Waals surface area contributed by atoms with Gasteiger partial charge in [-0.05, 0) is 44.6 Å². The average molecular weight is 332 g/mol. The molecule has 2 rings (SSSR count). The summed E-state index contributed by atoms with van der Waals surface area (Å²) in [5, 5.41) is 6.90. The molecule has 2 N–H and O–H groups in total. The Morgan fingerprint density at radius 2 is 1.92 bits per heavy atom. The van der Waals surface area contributed by atoms with Crippen LogP contribution in [0.5, 0.6) is 0 Å². The number of nitrogens with one attached hydrogen (secondary N) is 2. The van der Waals surface area contributed by atoms with Crippen LogP contribution in [0, 0.1) is 0 Å². The number of aliphatic imine (C=N–C) groups is 1. The molecule has 1 aliphatic carbocycles. The molecular weight excluding hydrogens is 298 g/mol. The Labute approximate surface area is 147 Å². The first-order valence-corrected chi connectivity index (χ1v) is 9.55. The van der Waals surface area contributed by atoms with E-state index in [0.29, 0.717) is 6.04 Å². The maximum Gasteiger partial charge on any atom is 0.191 e. The molecule has 0 radical (unpaired) electrons. The quantitative estimate of drug-likeness (QED) is 0.392. The summed E-state index contributed by atoms with van der Waals surface area (Å²) in [5.74, 6) is 0.981. The van der Waals surface area contributed by atoms with Crippen LogP contribution in [0.4, 0.5) is 0 Å². The Balaban J connectivity index is 1.51. The number of ether oxygens (including phenoxy) is 1. The summed E-state index contributed by atoms with van der Waals surface area (Å²) in [6, 6.07) is 11.1. The van der Waals surface area contributed by atoms with Crippen molar-refractivity contribution in [1.82, 2.24) is 10.6 Å². The Hall–Kier alpha value is -1.55. The summed E-state index contributed by atoms with van der Waals surface area (Å²) in [7, 11) is 0. The van der Waals surface area contributed by atoms with Crippen molar-refractivity contribution in [3.05, 3.63) is 35.9 Å². The molecule has 0 spiro atoms. The molecule has 4 nitrogen and oxygen atoms in total. The monoisotopic (exact) mass is 331 g/mol. The fourth-order valence-corrected chi connectivity index (χ4v) is 3.03. The average Bonchev–Trinajstić information content (AvgIpc) is 3.11. The van der Waals surface area contributed by atoms with Crippen molar-refractivity contribution in [2.75, 3.05) is 26.3 Å². The van der Waals surface area contributed by atoms with E-state index in [9.17, 15) is 0 Å². The maximum absolute atomic E-state index is 5.72. The van der Waals surface area contributed by atoms with E-state index in [2.05, 4.69) is 46.8 Å². The lowest BCUT2D eigenvalue weighted by Crippen LogP contribution is -2.42. The first-order chi connectivity index (χ1) is 11.9. The molecule has 0 aliphatic heterocycles. The van der Waals surface area contributed by atoms with Crippen molar-refractivity contribution in [3.8, 4) is 0 Å². The van der Waals surface area contributed by atoms with Gasteiger partial charge in [0, 0.05) is 25.7 Å². The van der Waals surface area contributed by atoms with Crippen LogP contribution in [0.25, 0.3) is 0 Å². The minimum Gasteiger partial charge on any atom is -0.381 e. The molecule has 134 valence electrons. The van der Waals surface area contributed by atoms with E-state index < -0.39 is 0 Å². The lowest BCUT2D eigenvalue weighted by Gasteiger charge is -2.16. The first-order valence-electron chi connectivity index (χ1n) is 9.55. The Bertz CT molecular complexity index is 455. The molecule has 0 aromatic heterocycles. The summed E-state index contributed by atoms with van der Waals surface area (Å²) in [6.45, 7) is 5.53. The number of hydrogen-bond donors (Lipinski definition) is 2. The van der Waals surface area contributed by atoms with E-state index in [4.69, 9.17) is 4.74 Å². The van der Waals surface area contributed by atoms with Crippen LogP contribution < -0.4 is 10.6 Å². The van der Waals surface area contributed by atoms with E-state index in [1.807, 2.05) is 6.07 Å². The fourth-order valence-electron chi connectivity index (χ4n) is 3.03. The molecule has 24 heavy (non-hydrogen) atoms. The molecule has 0 amide bonds. The van der Waals surface area contributed by atoms with E-state index in [1.54, 1.807) is 0 Å². The third kappa shape index (κ3) is 7.82. The van der Waals surface area contributed by atoms with Crippen LogP contribution in [0.3, 0.4) is 0 Å². The van der Waals surface area contributed by atoms with Gasteiger partial charge in [0.05, 0.1) is 6.61 Å². The number of hydrogen-bond acceptors (Lipinski definition) is 2. The van der Waals surface area contributed by atoms with E-state index in [1.165, 1.54) is 31.2 Å². The Kier molecular flexibility index (Phi) is 9.32. The van der Waals surface area contributed by atoms with Crippen molar-refractivity contribution in [1.29, 1.82) is 0 Å². The van der Waals surface area contributed by atoms with Crippen LogP contribution in [0.2, 0.25) is 0 Å². The maximum atomic E-state index is 5.72. The zero-order valence-electron chi connectivity index (χ0n) is 15.1. The number of unbranched alkanes of at least 4 members (excludes halogenated alkanes) is 1. The largest absolute Gasteiger partial charge is 0.381 e. The predicted octanol–water partition coefficient (Wildman–Crippen LogP) is 3.52. The van der Waals surface area contributed by atoms with Gasteiger partial charge in [-0.2, -0.15) is 0 Å². The molecule has 1 aliphatic rings. The van der Waals surface area contributed by atoms with Crippen LogP contribution in [-0.4, -0.2) is 38.3 Å². The summed E-state index contributed by atoms with van der Waals surface area (Å²) in [6.07, 6.45) is 8.39. The SMILES string of the molecule is CCNC(=NCCCCOCCc1ccccc1)NC1CCCC1. The minimum absolute atomic E-state index is 0.615. The van der Waals surface area contributed by atoms with Gasteiger partial charge in [0.15, 0.2) is 5.96 Å². The van der Waals surface area contributed by atoms with Crippen LogP contribution in [-0.2, 0) is 11.2 Å². The molecule has 1 fully saturated rings. The van der Waals surface area contributed by atoms with E-state index >= 15 is 0 Å². The summed E-state index contributed by atoms with van der Waals surface area (Å²) in [5.41, 5.74) is 1.34. The van der Waals surface area contributed by atoms with Crippen molar-refractivity contribution in [3.63, 3.8) is 0 Å². The number of nitrogens with zero attached hydrogens (tertiary/aromatic N) is 1. The lowest BCUT2D eigenvalue weighted by molar-refractivity contribution is 0.134. The Morgan fingerprint density at radius 3 is 2.67 bits per heavy atom. The number of benzene rings is 1. The highest BCUT2D eigenvalue weighted by molar-refractivity contribution is 5.80. The van der Waals surface area contributed by atoms with Gasteiger partial charge < -0.3 is 15.4 Å². The second kappa shape index (κ2) is 11.9. The standard InChI is InChI=1S/C20H33N3O/c1-2-21-20(23-19-12-6-7-13-19)22-15-8-9-16-24-17-14-18-10-4-3-5-11-18/h3-5,10-11,19H,2,6-9,12-17H2,1H3,(H2,21,22,23). The van der Waals surface area contributed by atoms with Crippen LogP contribution >= 0.6 is 0 Å². The first kappa shape index (κ1) is 18.8. The predicted molar refractivity (Wildman–Crippen MR) is 102 cm³/mol. The molecule has 1 aromatic rings. The zero-order valence-corrected chi connectivity index (χ0v) is 15.1. The summed E-state index contributed by atoms with van der Waals surface area (Å²) in [4.78, 5) is 4.68. The van der Waals surface area contributed by atoms with Gasteiger partial charge in [0.2, 0.25) is 0 Å². The highest BCUT2D eigenvalue weighted by Crippen LogP contribution is 2.17. The molecule has 0 bridgehead atoms. The van der Waals surface area contributed by atoms with Crippen molar-refractivity contribution >= 4 is 5.96 Å². The highest BCUT2D eigenvalue weighted by Gasteiger charge is 2.15. The molecule has 0 heterocycles. The van der Waals surface area contributed by atoms with E-state index in [-0.39, 0.29) is 0 Å². The van der Waals surface area contributed by atoms with E-state index in [0.717, 1.165) is 51.5 Å². The summed E-state index contributed by atoms with van der Waals surface area (Å²) >= 11 is 0. The highest BCUT2D eigenvalue weighted by atomic mass is 16.5. The fraction of sp³-hybridized carbons (Fsp3) is 0.650. The lowest BCUT2D eigenvalue weighted by atomic mass is 10.2. The van der Waals surface area contributed by atoms with Gasteiger partial charge >= 0.3 is 0 Å². The van der Waals surface area contributed by atoms with Gasteiger partial charge in [-0.15, -0.1) is 0 Å². The van der Waals surface area contributed by atoms with Crippen molar-refractivity contribution < 1.29 is 4.74 Å². The number of rotatable bonds is 10. The van der Waals surface area contributed by atoms with Gasteiger partial charge in [-0.25, -0.2) is 0 Å².